The fraction of sp³-hybridized carbons (Fsp3) is 0.385. The Morgan fingerprint density at radius 2 is 2.00 bits per heavy atom. The molecule has 1 heteroatoms. The SMILES string of the molecule is CCCc1ccc2[nH]c(CC)cc2c1. The molecule has 0 radical (unpaired) electrons. The number of aryl methyl sites for hydroxylation is 2. The van der Waals surface area contributed by atoms with Gasteiger partial charge in [-0.15, -0.1) is 0 Å². The Kier molecular flexibility index (Phi) is 2.58. The minimum absolute atomic E-state index is 1.08. The standard InChI is InChI=1S/C13H17N/c1-3-5-10-6-7-13-11(8-10)9-12(4-2)14-13/h6-9,14H,3-5H2,1-2H3. The Bertz CT molecular complexity index is 426. The summed E-state index contributed by atoms with van der Waals surface area (Å²) in [7, 11) is 0. The highest BCUT2D eigenvalue weighted by Gasteiger charge is 1.99. The first kappa shape index (κ1) is 9.32. The fourth-order valence-corrected chi connectivity index (χ4v) is 1.88. The summed E-state index contributed by atoms with van der Waals surface area (Å²) in [4.78, 5) is 3.41. The van der Waals surface area contributed by atoms with Crippen LogP contribution in [0, 0.1) is 0 Å². The first-order valence-electron chi connectivity index (χ1n) is 5.44. The van der Waals surface area contributed by atoms with Gasteiger partial charge in [0, 0.05) is 11.2 Å². The van der Waals surface area contributed by atoms with Crippen LogP contribution in [-0.2, 0) is 12.8 Å². The van der Waals surface area contributed by atoms with Gasteiger partial charge in [-0.05, 0) is 42.0 Å². The summed E-state index contributed by atoms with van der Waals surface area (Å²) in [5.41, 5.74) is 4.04. The van der Waals surface area contributed by atoms with Crippen LogP contribution in [0.4, 0.5) is 0 Å². The molecule has 0 unspecified atom stereocenters. The van der Waals surface area contributed by atoms with Crippen molar-refractivity contribution in [2.24, 2.45) is 0 Å². The van der Waals surface area contributed by atoms with Crippen LogP contribution in [0.25, 0.3) is 10.9 Å². The van der Waals surface area contributed by atoms with Gasteiger partial charge in [0.15, 0.2) is 0 Å². The summed E-state index contributed by atoms with van der Waals surface area (Å²) in [5, 5.41) is 1.35. The summed E-state index contributed by atoms with van der Waals surface area (Å²) in [6.45, 7) is 4.40. The van der Waals surface area contributed by atoms with Crippen LogP contribution in [0.1, 0.15) is 31.5 Å². The molecule has 0 aliphatic carbocycles. The Morgan fingerprint density at radius 3 is 2.71 bits per heavy atom. The van der Waals surface area contributed by atoms with Gasteiger partial charge >= 0.3 is 0 Å². The number of nitrogens with one attached hydrogen (secondary N) is 1. The molecule has 0 aliphatic rings. The molecule has 0 atom stereocenters. The highest BCUT2D eigenvalue weighted by molar-refractivity contribution is 5.81. The number of aromatic nitrogens is 1. The third-order valence-electron chi connectivity index (χ3n) is 2.66. The smallest absolute Gasteiger partial charge is 0.0456 e. The third kappa shape index (κ3) is 1.67. The maximum Gasteiger partial charge on any atom is 0.0456 e. The fourth-order valence-electron chi connectivity index (χ4n) is 1.88. The molecule has 0 amide bonds. The molecule has 0 spiro atoms. The van der Waals surface area contributed by atoms with Crippen molar-refractivity contribution < 1.29 is 0 Å². The van der Waals surface area contributed by atoms with Crippen molar-refractivity contribution in [1.29, 1.82) is 0 Å². The van der Waals surface area contributed by atoms with E-state index in [4.69, 9.17) is 0 Å². The average molecular weight is 187 g/mol. The van der Waals surface area contributed by atoms with E-state index in [2.05, 4.69) is 43.1 Å². The van der Waals surface area contributed by atoms with Crippen LogP contribution in [0.15, 0.2) is 24.3 Å². The molecule has 74 valence electrons. The van der Waals surface area contributed by atoms with Crippen LogP contribution in [0.3, 0.4) is 0 Å². The Morgan fingerprint density at radius 1 is 1.14 bits per heavy atom. The molecule has 1 aromatic heterocycles. The number of hydrogen-bond donors (Lipinski definition) is 1. The van der Waals surface area contributed by atoms with E-state index in [0.29, 0.717) is 0 Å². The van der Waals surface area contributed by atoms with E-state index in [0.717, 1.165) is 6.42 Å². The molecule has 2 aromatic rings. The number of hydrogen-bond acceptors (Lipinski definition) is 0. The van der Waals surface area contributed by atoms with Gasteiger partial charge in [-0.25, -0.2) is 0 Å². The summed E-state index contributed by atoms with van der Waals surface area (Å²) in [5.74, 6) is 0. The van der Waals surface area contributed by atoms with E-state index in [1.54, 1.807) is 0 Å². The van der Waals surface area contributed by atoms with Gasteiger partial charge in [0.1, 0.15) is 0 Å². The van der Waals surface area contributed by atoms with E-state index in [1.165, 1.54) is 35.0 Å². The average Bonchev–Trinajstić information content (AvgIpc) is 2.60. The highest BCUT2D eigenvalue weighted by atomic mass is 14.7. The topological polar surface area (TPSA) is 15.8 Å². The lowest BCUT2D eigenvalue weighted by molar-refractivity contribution is 0.924. The monoisotopic (exact) mass is 187 g/mol. The second-order valence-corrected chi connectivity index (χ2v) is 3.82. The summed E-state index contributed by atoms with van der Waals surface area (Å²) < 4.78 is 0. The first-order valence-corrected chi connectivity index (χ1v) is 5.44. The van der Waals surface area contributed by atoms with Crippen LogP contribution in [0.5, 0.6) is 0 Å². The van der Waals surface area contributed by atoms with Crippen molar-refractivity contribution in [3.8, 4) is 0 Å². The molecule has 0 fully saturated rings. The van der Waals surface area contributed by atoms with Gasteiger partial charge < -0.3 is 4.98 Å². The van der Waals surface area contributed by atoms with Gasteiger partial charge in [0.2, 0.25) is 0 Å². The van der Waals surface area contributed by atoms with Crippen molar-refractivity contribution in [1.82, 2.24) is 4.98 Å². The van der Waals surface area contributed by atoms with E-state index in [9.17, 15) is 0 Å². The predicted molar refractivity (Wildman–Crippen MR) is 61.7 cm³/mol. The molecule has 1 heterocycles. The van der Waals surface area contributed by atoms with Crippen LogP contribution in [-0.4, -0.2) is 4.98 Å². The van der Waals surface area contributed by atoms with Crippen molar-refractivity contribution in [3.05, 3.63) is 35.5 Å². The zero-order valence-electron chi connectivity index (χ0n) is 8.93. The lowest BCUT2D eigenvalue weighted by Crippen LogP contribution is -1.81. The second-order valence-electron chi connectivity index (χ2n) is 3.82. The molecule has 2 rings (SSSR count). The van der Waals surface area contributed by atoms with Crippen molar-refractivity contribution in [3.63, 3.8) is 0 Å². The Hall–Kier alpha value is -1.24. The molecule has 0 bridgehead atoms. The first-order chi connectivity index (χ1) is 6.83. The largest absolute Gasteiger partial charge is 0.358 e. The molecule has 1 aromatic carbocycles. The lowest BCUT2D eigenvalue weighted by Gasteiger charge is -1.97. The van der Waals surface area contributed by atoms with E-state index in [1.807, 2.05) is 0 Å². The zero-order valence-corrected chi connectivity index (χ0v) is 8.93. The summed E-state index contributed by atoms with van der Waals surface area (Å²) >= 11 is 0. The zero-order chi connectivity index (χ0) is 9.97. The molecule has 1 N–H and O–H groups in total. The van der Waals surface area contributed by atoms with Gasteiger partial charge in [0.05, 0.1) is 0 Å². The summed E-state index contributed by atoms with van der Waals surface area (Å²) in [6.07, 6.45) is 3.48. The maximum atomic E-state index is 3.41. The van der Waals surface area contributed by atoms with Crippen molar-refractivity contribution in [2.75, 3.05) is 0 Å². The van der Waals surface area contributed by atoms with Crippen LogP contribution >= 0.6 is 0 Å². The van der Waals surface area contributed by atoms with Crippen LogP contribution in [0.2, 0.25) is 0 Å². The second kappa shape index (κ2) is 3.87. The molecule has 0 saturated carbocycles. The molecular formula is C13H17N. The number of rotatable bonds is 3. The molecule has 0 aliphatic heterocycles. The highest BCUT2D eigenvalue weighted by Crippen LogP contribution is 2.18. The quantitative estimate of drug-likeness (QED) is 0.754. The van der Waals surface area contributed by atoms with Crippen LogP contribution < -0.4 is 0 Å². The minimum Gasteiger partial charge on any atom is -0.358 e. The molecule has 14 heavy (non-hydrogen) atoms. The van der Waals surface area contributed by atoms with Gasteiger partial charge in [0.25, 0.3) is 0 Å². The molecular weight excluding hydrogens is 170 g/mol. The normalized spacial score (nSPS) is 11.0. The summed E-state index contributed by atoms with van der Waals surface area (Å²) in [6, 6.07) is 8.98. The molecule has 0 saturated heterocycles. The number of fused-ring (bicyclic) bond motifs is 1. The third-order valence-corrected chi connectivity index (χ3v) is 2.66. The van der Waals surface area contributed by atoms with Gasteiger partial charge in [-0.1, -0.05) is 26.3 Å². The van der Waals surface area contributed by atoms with Crippen molar-refractivity contribution >= 4 is 10.9 Å². The van der Waals surface area contributed by atoms with E-state index < -0.39 is 0 Å². The lowest BCUT2D eigenvalue weighted by atomic mass is 10.1. The van der Waals surface area contributed by atoms with E-state index in [-0.39, 0.29) is 0 Å². The van der Waals surface area contributed by atoms with Gasteiger partial charge in [-0.2, -0.15) is 0 Å². The van der Waals surface area contributed by atoms with E-state index >= 15 is 0 Å². The number of aromatic amines is 1. The Labute approximate surface area is 85.1 Å². The predicted octanol–water partition coefficient (Wildman–Crippen LogP) is 3.68. The maximum absolute atomic E-state index is 3.41. The van der Waals surface area contributed by atoms with Crippen molar-refractivity contribution in [2.45, 2.75) is 33.1 Å². The minimum atomic E-state index is 1.08. The van der Waals surface area contributed by atoms with Gasteiger partial charge in [-0.3, -0.25) is 0 Å². The molecule has 1 nitrogen and oxygen atoms in total. The number of H-pyrrole nitrogens is 1. The Balaban J connectivity index is 2.43. The number of benzene rings is 1.